The molecule has 0 saturated heterocycles. The predicted octanol–water partition coefficient (Wildman–Crippen LogP) is 4.57. The van der Waals surface area contributed by atoms with E-state index in [1.807, 2.05) is 55.7 Å². The number of rotatable bonds is 4. The average Bonchev–Trinajstić information content (AvgIpc) is 3.25. The van der Waals surface area contributed by atoms with Crippen LogP contribution in [0.4, 0.5) is 5.82 Å². The molecule has 0 aliphatic carbocycles. The van der Waals surface area contributed by atoms with Crippen molar-refractivity contribution in [2.24, 2.45) is 0 Å². The molecule has 5 heteroatoms. The zero-order valence-electron chi connectivity index (χ0n) is 15.0. The van der Waals surface area contributed by atoms with Gasteiger partial charge in [0.15, 0.2) is 0 Å². The van der Waals surface area contributed by atoms with Gasteiger partial charge in [0.2, 0.25) is 0 Å². The fourth-order valence-electron chi connectivity index (χ4n) is 3.48. The van der Waals surface area contributed by atoms with E-state index in [0.29, 0.717) is 0 Å². The number of pyridine rings is 2. The van der Waals surface area contributed by atoms with E-state index in [1.165, 1.54) is 5.56 Å². The van der Waals surface area contributed by atoms with Gasteiger partial charge in [0.25, 0.3) is 0 Å². The summed E-state index contributed by atoms with van der Waals surface area (Å²) < 4.78 is 4.18. The lowest BCUT2D eigenvalue weighted by Crippen LogP contribution is -2.03. The zero-order chi connectivity index (χ0) is 18.2. The highest BCUT2D eigenvalue weighted by Gasteiger charge is 2.19. The molecule has 4 aromatic heterocycles. The first-order chi connectivity index (χ1) is 13.3. The minimum Gasteiger partial charge on any atom is -0.365 e. The van der Waals surface area contributed by atoms with E-state index in [1.54, 1.807) is 0 Å². The number of anilines is 1. The topological polar surface area (TPSA) is 46.6 Å². The largest absolute Gasteiger partial charge is 0.365 e. The molecule has 5 rings (SSSR count). The highest BCUT2D eigenvalue weighted by molar-refractivity contribution is 5.84. The van der Waals surface area contributed by atoms with Gasteiger partial charge in [-0.05, 0) is 36.8 Å². The molecule has 0 atom stereocenters. The Bertz CT molecular complexity index is 1230. The monoisotopic (exact) mass is 353 g/mol. The van der Waals surface area contributed by atoms with Gasteiger partial charge in [-0.3, -0.25) is 4.40 Å². The summed E-state index contributed by atoms with van der Waals surface area (Å²) in [6.07, 6.45) is 4.07. The molecular weight excluding hydrogens is 334 g/mol. The summed E-state index contributed by atoms with van der Waals surface area (Å²) in [4.78, 5) is 9.70. The van der Waals surface area contributed by atoms with Crippen molar-refractivity contribution in [2.75, 3.05) is 5.32 Å². The Balaban J connectivity index is 1.67. The quantitative estimate of drug-likeness (QED) is 0.515. The summed E-state index contributed by atoms with van der Waals surface area (Å²) in [5.74, 6) is 1.91. The van der Waals surface area contributed by atoms with Gasteiger partial charge >= 0.3 is 0 Å². The lowest BCUT2D eigenvalue weighted by Gasteiger charge is -2.08. The first-order valence-electron chi connectivity index (χ1n) is 9.00. The van der Waals surface area contributed by atoms with Gasteiger partial charge in [-0.1, -0.05) is 42.5 Å². The van der Waals surface area contributed by atoms with E-state index in [4.69, 9.17) is 9.97 Å². The number of hydrogen-bond donors (Lipinski definition) is 1. The molecule has 5 aromatic rings. The molecule has 0 saturated carbocycles. The van der Waals surface area contributed by atoms with E-state index < -0.39 is 0 Å². The van der Waals surface area contributed by atoms with E-state index in [9.17, 15) is 0 Å². The fourth-order valence-corrected chi connectivity index (χ4v) is 3.48. The molecule has 5 nitrogen and oxygen atoms in total. The van der Waals surface area contributed by atoms with Crippen molar-refractivity contribution in [1.29, 1.82) is 0 Å². The lowest BCUT2D eigenvalue weighted by atomic mass is 10.2. The van der Waals surface area contributed by atoms with E-state index in [0.717, 1.165) is 40.7 Å². The molecular formula is C22H19N5. The van der Waals surface area contributed by atoms with Crippen LogP contribution in [0.2, 0.25) is 0 Å². The molecule has 4 heterocycles. The van der Waals surface area contributed by atoms with E-state index in [2.05, 4.69) is 44.5 Å². The van der Waals surface area contributed by atoms with Crippen molar-refractivity contribution in [3.8, 4) is 11.4 Å². The predicted molar refractivity (Wildman–Crippen MR) is 108 cm³/mol. The van der Waals surface area contributed by atoms with Crippen LogP contribution >= 0.6 is 0 Å². The van der Waals surface area contributed by atoms with E-state index >= 15 is 0 Å². The number of aromatic nitrogens is 4. The normalized spacial score (nSPS) is 11.3. The maximum atomic E-state index is 4.88. The minimum atomic E-state index is 0.724. The minimum absolute atomic E-state index is 0.724. The molecule has 0 radical (unpaired) electrons. The first kappa shape index (κ1) is 15.6. The Morgan fingerprint density at radius 2 is 1.52 bits per heavy atom. The summed E-state index contributed by atoms with van der Waals surface area (Å²) in [6, 6.07) is 22.5. The highest BCUT2D eigenvalue weighted by Crippen LogP contribution is 2.31. The molecule has 0 unspecified atom stereocenters. The van der Waals surface area contributed by atoms with Gasteiger partial charge in [-0.25, -0.2) is 9.97 Å². The third-order valence-electron chi connectivity index (χ3n) is 4.78. The second-order valence-corrected chi connectivity index (χ2v) is 6.54. The summed E-state index contributed by atoms with van der Waals surface area (Å²) in [5, 5.41) is 3.58. The number of fused-ring (bicyclic) bond motifs is 2. The SMILES string of the molecule is Cc1nc(-c2nc3ccccn3c2NCc2ccccc2)c2ccccn12. The zero-order valence-corrected chi connectivity index (χ0v) is 15.0. The standard InChI is InChI=1S/C22H19N5/c1-16-24-20(18-11-5-7-13-26(16)18)21-22(23-15-17-9-3-2-4-10-17)27-14-8-6-12-19(27)25-21/h2-14,23H,15H2,1H3. The summed E-state index contributed by atoms with van der Waals surface area (Å²) >= 11 is 0. The molecule has 0 spiro atoms. The molecule has 0 fully saturated rings. The Kier molecular flexibility index (Phi) is 3.64. The average molecular weight is 353 g/mol. The van der Waals surface area contributed by atoms with Crippen LogP contribution in [0.3, 0.4) is 0 Å². The van der Waals surface area contributed by atoms with Gasteiger partial charge in [0, 0.05) is 18.9 Å². The number of nitrogens with one attached hydrogen (secondary N) is 1. The maximum absolute atomic E-state index is 4.88. The molecule has 1 N–H and O–H groups in total. The number of aryl methyl sites for hydroxylation is 1. The lowest BCUT2D eigenvalue weighted by molar-refractivity contribution is 1.04. The fraction of sp³-hybridized carbons (Fsp3) is 0.0909. The van der Waals surface area contributed by atoms with Crippen molar-refractivity contribution in [3.05, 3.63) is 90.5 Å². The van der Waals surface area contributed by atoms with Crippen LogP contribution in [-0.4, -0.2) is 18.8 Å². The molecule has 0 amide bonds. The Morgan fingerprint density at radius 1 is 0.778 bits per heavy atom. The Hall–Kier alpha value is -3.60. The van der Waals surface area contributed by atoms with Crippen LogP contribution in [0.15, 0.2) is 79.1 Å². The van der Waals surface area contributed by atoms with Crippen molar-refractivity contribution >= 4 is 17.0 Å². The van der Waals surface area contributed by atoms with Crippen LogP contribution in [0, 0.1) is 6.92 Å². The summed E-state index contributed by atoms with van der Waals surface area (Å²) in [6.45, 7) is 2.74. The van der Waals surface area contributed by atoms with Gasteiger partial charge in [-0.2, -0.15) is 0 Å². The summed E-state index contributed by atoms with van der Waals surface area (Å²) in [5.41, 5.74) is 4.94. The molecule has 0 aliphatic rings. The van der Waals surface area contributed by atoms with Crippen molar-refractivity contribution < 1.29 is 0 Å². The molecule has 1 aromatic carbocycles. The van der Waals surface area contributed by atoms with Gasteiger partial charge < -0.3 is 9.72 Å². The number of nitrogens with zero attached hydrogens (tertiary/aromatic N) is 4. The van der Waals surface area contributed by atoms with Crippen molar-refractivity contribution in [3.63, 3.8) is 0 Å². The van der Waals surface area contributed by atoms with Crippen LogP contribution < -0.4 is 5.32 Å². The van der Waals surface area contributed by atoms with Crippen LogP contribution in [0.25, 0.3) is 22.6 Å². The maximum Gasteiger partial charge on any atom is 0.140 e. The van der Waals surface area contributed by atoms with Crippen molar-refractivity contribution in [1.82, 2.24) is 18.8 Å². The third kappa shape index (κ3) is 2.64. The molecule has 132 valence electrons. The van der Waals surface area contributed by atoms with Crippen LogP contribution in [0.5, 0.6) is 0 Å². The highest BCUT2D eigenvalue weighted by atomic mass is 15.1. The third-order valence-corrected chi connectivity index (χ3v) is 4.78. The molecule has 0 bridgehead atoms. The van der Waals surface area contributed by atoms with Gasteiger partial charge in [0.05, 0.1) is 5.52 Å². The molecule has 0 aliphatic heterocycles. The second-order valence-electron chi connectivity index (χ2n) is 6.54. The van der Waals surface area contributed by atoms with Crippen LogP contribution in [0.1, 0.15) is 11.4 Å². The number of hydrogen-bond acceptors (Lipinski definition) is 3. The molecule has 27 heavy (non-hydrogen) atoms. The Morgan fingerprint density at radius 3 is 2.37 bits per heavy atom. The van der Waals surface area contributed by atoms with Gasteiger partial charge in [0.1, 0.15) is 28.7 Å². The first-order valence-corrected chi connectivity index (χ1v) is 9.00. The summed E-state index contributed by atoms with van der Waals surface area (Å²) in [7, 11) is 0. The number of imidazole rings is 2. The van der Waals surface area contributed by atoms with Crippen LogP contribution in [-0.2, 0) is 6.54 Å². The van der Waals surface area contributed by atoms with Crippen molar-refractivity contribution in [2.45, 2.75) is 13.5 Å². The smallest absolute Gasteiger partial charge is 0.140 e. The van der Waals surface area contributed by atoms with Gasteiger partial charge in [-0.15, -0.1) is 0 Å². The number of benzene rings is 1. The Labute approximate surface area is 157 Å². The van der Waals surface area contributed by atoms with E-state index in [-0.39, 0.29) is 0 Å². The second kappa shape index (κ2) is 6.29.